The van der Waals surface area contributed by atoms with Crippen molar-refractivity contribution in [3.05, 3.63) is 77.9 Å². The van der Waals surface area contributed by atoms with Gasteiger partial charge in [-0.2, -0.15) is 0 Å². The Morgan fingerprint density at radius 3 is 2.68 bits per heavy atom. The largest absolute Gasteiger partial charge is 0.371 e. The second-order valence-electron chi connectivity index (χ2n) is 7.30. The van der Waals surface area contributed by atoms with Crippen molar-refractivity contribution >= 4 is 5.69 Å². The van der Waals surface area contributed by atoms with Crippen LogP contribution >= 0.6 is 0 Å². The molecule has 146 valence electrons. The Morgan fingerprint density at radius 2 is 1.89 bits per heavy atom. The average molecular weight is 382 g/mol. The number of hydrogen-bond donors (Lipinski definition) is 1. The third-order valence-corrected chi connectivity index (χ3v) is 5.32. The molecule has 1 aromatic heterocycles. The van der Waals surface area contributed by atoms with Crippen molar-refractivity contribution in [3.8, 4) is 5.69 Å². The number of aromatic nitrogens is 2. The van der Waals surface area contributed by atoms with Gasteiger partial charge in [-0.15, -0.1) is 0 Å². The highest BCUT2D eigenvalue weighted by Gasteiger charge is 2.23. The molecule has 1 aliphatic rings. The summed E-state index contributed by atoms with van der Waals surface area (Å²) in [4.78, 5) is 6.58. The summed E-state index contributed by atoms with van der Waals surface area (Å²) in [5.41, 5.74) is 2.98. The maximum atomic E-state index is 13.5. The minimum Gasteiger partial charge on any atom is -0.371 e. The molecule has 0 spiro atoms. The molecule has 28 heavy (non-hydrogen) atoms. The molecule has 3 aromatic rings. The quantitative estimate of drug-likeness (QED) is 0.698. The topological polar surface area (TPSA) is 33.1 Å². The number of rotatable bonds is 6. The van der Waals surface area contributed by atoms with Crippen LogP contribution in [0.2, 0.25) is 0 Å². The first-order valence-electron chi connectivity index (χ1n) is 9.61. The summed E-state index contributed by atoms with van der Waals surface area (Å²) in [7, 11) is 0. The fourth-order valence-corrected chi connectivity index (χ4v) is 3.87. The molecule has 1 unspecified atom stereocenters. The first-order chi connectivity index (χ1) is 13.6. The number of para-hydroxylation sites is 1. The fourth-order valence-electron chi connectivity index (χ4n) is 3.87. The lowest BCUT2D eigenvalue weighted by molar-refractivity contribution is 0.506. The molecule has 1 saturated heterocycles. The van der Waals surface area contributed by atoms with Gasteiger partial charge in [-0.25, -0.2) is 13.8 Å². The summed E-state index contributed by atoms with van der Waals surface area (Å²) in [6.45, 7) is 5.32. The molecule has 0 radical (unpaired) electrons. The normalized spacial score (nSPS) is 16.7. The molecule has 1 aliphatic heterocycles. The van der Waals surface area contributed by atoms with Crippen molar-refractivity contribution in [3.63, 3.8) is 0 Å². The maximum absolute atomic E-state index is 13.5. The van der Waals surface area contributed by atoms with Crippen LogP contribution in [0.15, 0.2) is 54.7 Å². The Labute approximate surface area is 163 Å². The van der Waals surface area contributed by atoms with Gasteiger partial charge in [0.2, 0.25) is 0 Å². The second-order valence-corrected chi connectivity index (χ2v) is 7.30. The van der Waals surface area contributed by atoms with E-state index in [-0.39, 0.29) is 0 Å². The molecule has 1 N–H and O–H groups in total. The smallest absolute Gasteiger partial charge is 0.160 e. The molecule has 1 fully saturated rings. The Bertz CT molecular complexity index is 939. The van der Waals surface area contributed by atoms with Gasteiger partial charge in [-0.1, -0.05) is 18.2 Å². The van der Waals surface area contributed by atoms with E-state index < -0.39 is 11.6 Å². The zero-order valence-corrected chi connectivity index (χ0v) is 15.9. The van der Waals surface area contributed by atoms with Crippen molar-refractivity contribution in [2.24, 2.45) is 5.92 Å². The Hall–Kier alpha value is -2.73. The van der Waals surface area contributed by atoms with Gasteiger partial charge in [0.05, 0.1) is 11.9 Å². The minimum atomic E-state index is -0.800. The van der Waals surface area contributed by atoms with Crippen LogP contribution in [0, 0.1) is 24.5 Å². The summed E-state index contributed by atoms with van der Waals surface area (Å²) in [6, 6.07) is 14.3. The molecular formula is C22H24F2N4. The Balaban J connectivity index is 1.34. The predicted molar refractivity (Wildman–Crippen MR) is 107 cm³/mol. The van der Waals surface area contributed by atoms with Gasteiger partial charge in [0.1, 0.15) is 5.82 Å². The van der Waals surface area contributed by atoms with E-state index >= 15 is 0 Å². The van der Waals surface area contributed by atoms with Gasteiger partial charge in [-0.05, 0) is 43.5 Å². The van der Waals surface area contributed by atoms with Crippen molar-refractivity contribution in [2.75, 3.05) is 24.5 Å². The molecule has 4 nitrogen and oxygen atoms in total. The van der Waals surface area contributed by atoms with Crippen molar-refractivity contribution in [1.82, 2.24) is 14.9 Å². The minimum absolute atomic E-state index is 0.474. The van der Waals surface area contributed by atoms with E-state index in [4.69, 9.17) is 0 Å². The Morgan fingerprint density at radius 1 is 1.07 bits per heavy atom. The first kappa shape index (κ1) is 18.6. The maximum Gasteiger partial charge on any atom is 0.160 e. The monoisotopic (exact) mass is 382 g/mol. The van der Waals surface area contributed by atoms with Crippen LogP contribution in [0.25, 0.3) is 5.69 Å². The van der Waals surface area contributed by atoms with Crippen LogP contribution in [0.3, 0.4) is 0 Å². The standard InChI is InChI=1S/C22H24F2N4/c1-16-26-14-20(28(16)18-5-3-2-4-6-18)13-25-12-17-9-10-27(15-17)19-7-8-21(23)22(24)11-19/h2-8,11,14,17,25H,9-10,12-13,15H2,1H3. The highest BCUT2D eigenvalue weighted by atomic mass is 19.2. The fraction of sp³-hybridized carbons (Fsp3) is 0.318. The third kappa shape index (κ3) is 3.92. The number of nitrogens with one attached hydrogen (secondary N) is 1. The van der Waals surface area contributed by atoms with Crippen molar-refractivity contribution in [2.45, 2.75) is 19.9 Å². The molecule has 0 aliphatic carbocycles. The third-order valence-electron chi connectivity index (χ3n) is 5.32. The summed E-state index contributed by atoms with van der Waals surface area (Å²) in [6.07, 6.45) is 2.94. The molecule has 4 rings (SSSR count). The van der Waals surface area contributed by atoms with Gasteiger partial charge < -0.3 is 10.2 Å². The lowest BCUT2D eigenvalue weighted by Crippen LogP contribution is -2.27. The van der Waals surface area contributed by atoms with Gasteiger partial charge in [0.25, 0.3) is 0 Å². The summed E-state index contributed by atoms with van der Waals surface area (Å²) >= 11 is 0. The van der Waals surface area contributed by atoms with Gasteiger partial charge in [0.15, 0.2) is 11.6 Å². The van der Waals surface area contributed by atoms with Crippen LogP contribution in [-0.2, 0) is 6.54 Å². The molecule has 1 atom stereocenters. The SMILES string of the molecule is Cc1ncc(CNCC2CCN(c3ccc(F)c(F)c3)C2)n1-c1ccccc1. The highest BCUT2D eigenvalue weighted by molar-refractivity contribution is 5.47. The van der Waals surface area contributed by atoms with Gasteiger partial charge in [-0.3, -0.25) is 4.57 Å². The zero-order valence-electron chi connectivity index (χ0n) is 15.9. The zero-order chi connectivity index (χ0) is 19.5. The van der Waals surface area contributed by atoms with Crippen LogP contribution in [0.4, 0.5) is 14.5 Å². The molecule has 2 aromatic carbocycles. The highest BCUT2D eigenvalue weighted by Crippen LogP contribution is 2.25. The van der Waals surface area contributed by atoms with Crippen molar-refractivity contribution < 1.29 is 8.78 Å². The second kappa shape index (κ2) is 8.10. The number of nitrogens with zero attached hydrogens (tertiary/aromatic N) is 3. The molecule has 0 amide bonds. The van der Waals surface area contributed by atoms with Crippen LogP contribution in [0.5, 0.6) is 0 Å². The van der Waals surface area contributed by atoms with Gasteiger partial charge >= 0.3 is 0 Å². The summed E-state index contributed by atoms with van der Waals surface area (Å²) in [5, 5.41) is 3.54. The number of hydrogen-bond acceptors (Lipinski definition) is 3. The molecule has 0 saturated carbocycles. The van der Waals surface area contributed by atoms with Crippen LogP contribution < -0.4 is 10.2 Å². The molecule has 2 heterocycles. The lowest BCUT2D eigenvalue weighted by Gasteiger charge is -2.19. The summed E-state index contributed by atoms with van der Waals surface area (Å²) in [5.74, 6) is -0.147. The molecule has 6 heteroatoms. The van der Waals surface area contributed by atoms with E-state index in [1.165, 1.54) is 12.1 Å². The van der Waals surface area contributed by atoms with E-state index in [9.17, 15) is 8.78 Å². The van der Waals surface area contributed by atoms with E-state index in [0.29, 0.717) is 5.92 Å². The Kier molecular flexibility index (Phi) is 5.39. The van der Waals surface area contributed by atoms with E-state index in [1.807, 2.05) is 31.3 Å². The van der Waals surface area contributed by atoms with Crippen molar-refractivity contribution in [1.29, 1.82) is 0 Å². The molecule has 0 bridgehead atoms. The number of benzene rings is 2. The number of halogens is 2. The predicted octanol–water partition coefficient (Wildman–Crippen LogP) is 4.08. The van der Waals surface area contributed by atoms with E-state index in [0.717, 1.165) is 55.5 Å². The average Bonchev–Trinajstić information content (AvgIpc) is 3.32. The van der Waals surface area contributed by atoms with Gasteiger partial charge in [0, 0.05) is 43.6 Å². The molecular weight excluding hydrogens is 358 g/mol. The lowest BCUT2D eigenvalue weighted by atomic mass is 10.1. The van der Waals surface area contributed by atoms with Crippen LogP contribution in [-0.4, -0.2) is 29.2 Å². The summed E-state index contributed by atoms with van der Waals surface area (Å²) < 4.78 is 28.8. The first-order valence-corrected chi connectivity index (χ1v) is 9.61. The number of imidazole rings is 1. The number of aryl methyl sites for hydroxylation is 1. The van der Waals surface area contributed by atoms with Crippen LogP contribution in [0.1, 0.15) is 17.9 Å². The van der Waals surface area contributed by atoms with E-state index in [2.05, 4.69) is 31.9 Å². The van der Waals surface area contributed by atoms with E-state index in [1.54, 1.807) is 6.07 Å². The number of anilines is 1.